The van der Waals surface area contributed by atoms with Crippen LogP contribution in [0.25, 0.3) is 10.0 Å². The number of aliphatic hydroxyl groups excluding tert-OH is 1. The molecule has 0 saturated heterocycles. The van der Waals surface area contributed by atoms with Crippen molar-refractivity contribution >= 4 is 40.7 Å². The number of carbonyl (C=O) groups excluding carboxylic acids is 3. The Balaban J connectivity index is 1.26. The summed E-state index contributed by atoms with van der Waals surface area (Å²) in [6, 6.07) is 18.1. The summed E-state index contributed by atoms with van der Waals surface area (Å²) in [4.78, 5) is 50.5. The van der Waals surface area contributed by atoms with Gasteiger partial charge in [-0.05, 0) is 36.3 Å². The molecule has 274 valence electrons. The van der Waals surface area contributed by atoms with Gasteiger partial charge in [0.05, 0.1) is 30.6 Å². The van der Waals surface area contributed by atoms with Gasteiger partial charge in [-0.25, -0.2) is 19.6 Å². The predicted octanol–water partition coefficient (Wildman–Crippen LogP) is 5.44. The summed E-state index contributed by atoms with van der Waals surface area (Å²) < 4.78 is 10.3. The van der Waals surface area contributed by atoms with E-state index < -0.39 is 36.4 Å². The molecule has 0 aliphatic heterocycles. The quantitative estimate of drug-likeness (QED) is 0.0968. The number of carbonyl (C=O) groups is 3. The number of nitrogens with one attached hydrogen (secondary N) is 3. The van der Waals surface area contributed by atoms with Crippen LogP contribution in [0.2, 0.25) is 0 Å². The molecule has 3 aromatic heterocycles. The molecule has 0 unspecified atom stereocenters. The lowest BCUT2D eigenvalue weighted by Crippen LogP contribution is -2.55. The van der Waals surface area contributed by atoms with Crippen LogP contribution in [-0.2, 0) is 35.5 Å². The third-order valence-corrected chi connectivity index (χ3v) is 10.0. The first-order valence-corrected chi connectivity index (χ1v) is 18.7. The van der Waals surface area contributed by atoms with Crippen molar-refractivity contribution in [1.29, 1.82) is 0 Å². The molecule has 0 aliphatic rings. The lowest BCUT2D eigenvalue weighted by Gasteiger charge is -2.30. The van der Waals surface area contributed by atoms with E-state index in [9.17, 15) is 19.5 Å². The average Bonchev–Trinajstić information content (AvgIpc) is 3.94. The van der Waals surface area contributed by atoms with Crippen LogP contribution in [0.5, 0.6) is 0 Å². The Hall–Kier alpha value is -5.12. The number of nitrogens with zero attached hydrogens (tertiary/aromatic N) is 4. The first-order chi connectivity index (χ1) is 25.1. The molecule has 0 radical (unpaired) electrons. The normalized spacial score (nSPS) is 13.5. The highest BCUT2D eigenvalue weighted by atomic mass is 32.1. The summed E-state index contributed by atoms with van der Waals surface area (Å²) in [5.74, 6) is -0.256. The van der Waals surface area contributed by atoms with Crippen LogP contribution in [0.4, 0.5) is 9.59 Å². The molecule has 15 heteroatoms. The molecular formula is C37H43N7O6S2. The van der Waals surface area contributed by atoms with Gasteiger partial charge in [-0.1, -0.05) is 79.7 Å². The Labute approximate surface area is 310 Å². The van der Waals surface area contributed by atoms with Crippen LogP contribution >= 0.6 is 22.7 Å². The SMILES string of the molecule is CC(C)[C@H](NC(=O)N(C)Cc1csc(-c2nccs2)n1)C(=O)N[C@@H](Cc1ccccc1)C[C@H](O)[C@H](Cc1ccccc1)NC(=O)OCc1ccno1. The van der Waals surface area contributed by atoms with Gasteiger partial charge in [0.15, 0.2) is 22.4 Å². The van der Waals surface area contributed by atoms with E-state index in [1.165, 1.54) is 33.8 Å². The Morgan fingerprint density at radius 3 is 2.25 bits per heavy atom. The van der Waals surface area contributed by atoms with E-state index in [2.05, 4.69) is 31.1 Å². The minimum absolute atomic E-state index is 0.102. The minimum atomic E-state index is -1.09. The zero-order chi connectivity index (χ0) is 36.9. The molecule has 4 N–H and O–H groups in total. The summed E-state index contributed by atoms with van der Waals surface area (Å²) in [6.07, 6.45) is 2.18. The average molecular weight is 746 g/mol. The molecule has 2 aromatic carbocycles. The summed E-state index contributed by atoms with van der Waals surface area (Å²) in [7, 11) is 1.65. The van der Waals surface area contributed by atoms with Crippen LogP contribution < -0.4 is 16.0 Å². The number of hydrogen-bond donors (Lipinski definition) is 4. The van der Waals surface area contributed by atoms with Crippen molar-refractivity contribution < 1.29 is 28.8 Å². The molecule has 5 aromatic rings. The molecule has 0 fully saturated rings. The van der Waals surface area contributed by atoms with Crippen molar-refractivity contribution in [3.05, 3.63) is 112 Å². The van der Waals surface area contributed by atoms with Gasteiger partial charge in [-0.2, -0.15) is 0 Å². The fraction of sp³-hybridized carbons (Fsp3) is 0.351. The molecule has 4 amide bonds. The van der Waals surface area contributed by atoms with E-state index in [0.717, 1.165) is 26.8 Å². The summed E-state index contributed by atoms with van der Waals surface area (Å²) >= 11 is 2.96. The number of ether oxygens (including phenoxy) is 1. The zero-order valence-electron chi connectivity index (χ0n) is 29.2. The number of urea groups is 1. The number of aromatic nitrogens is 3. The van der Waals surface area contributed by atoms with Crippen molar-refractivity contribution in [3.63, 3.8) is 0 Å². The molecule has 0 bridgehead atoms. The largest absolute Gasteiger partial charge is 0.441 e. The molecule has 0 saturated carbocycles. The van der Waals surface area contributed by atoms with Crippen LogP contribution in [0.3, 0.4) is 0 Å². The maximum atomic E-state index is 13.9. The summed E-state index contributed by atoms with van der Waals surface area (Å²) in [6.45, 7) is 3.84. The number of thiazole rings is 2. The molecular weight excluding hydrogens is 703 g/mol. The number of benzene rings is 2. The van der Waals surface area contributed by atoms with Crippen LogP contribution in [0, 0.1) is 5.92 Å². The standard InChI is InChI=1S/C37H43N7O6S2/c1-24(2)32(43-36(47)44(3)21-28-23-52-35(41-28)34-38-16-17-51-34)33(46)40-27(18-25-10-6-4-7-11-25)20-31(45)30(19-26-12-8-5-9-13-26)42-37(48)49-22-29-14-15-39-50-29/h4-17,23-24,27,30-32,45H,18-22H2,1-3H3,(H,40,46)(H,42,48)(H,43,47)/t27-,30-,31-,32-/m0/s1. The van der Waals surface area contributed by atoms with Gasteiger partial charge in [0.1, 0.15) is 6.04 Å². The van der Waals surface area contributed by atoms with Crippen molar-refractivity contribution in [2.45, 2.75) is 70.5 Å². The van der Waals surface area contributed by atoms with Crippen LogP contribution in [0.1, 0.15) is 42.8 Å². The third kappa shape index (κ3) is 11.4. The smallest absolute Gasteiger partial charge is 0.407 e. The van der Waals surface area contributed by atoms with Crippen molar-refractivity contribution in [1.82, 2.24) is 36.0 Å². The Kier molecular flexibility index (Phi) is 13.9. The molecule has 13 nitrogen and oxygen atoms in total. The van der Waals surface area contributed by atoms with Crippen molar-refractivity contribution in [2.75, 3.05) is 7.05 Å². The second kappa shape index (κ2) is 18.9. The van der Waals surface area contributed by atoms with Gasteiger partial charge < -0.3 is 35.2 Å². The first kappa shape index (κ1) is 38.1. The van der Waals surface area contributed by atoms with Gasteiger partial charge >= 0.3 is 12.1 Å². The maximum absolute atomic E-state index is 13.9. The molecule has 52 heavy (non-hydrogen) atoms. The molecule has 4 atom stereocenters. The van der Waals surface area contributed by atoms with Gasteiger partial charge in [0.25, 0.3) is 0 Å². The number of rotatable bonds is 17. The van der Waals surface area contributed by atoms with Crippen molar-refractivity contribution in [3.8, 4) is 10.0 Å². The van der Waals surface area contributed by atoms with E-state index in [1.54, 1.807) is 19.3 Å². The van der Waals surface area contributed by atoms with Crippen molar-refractivity contribution in [2.24, 2.45) is 5.92 Å². The molecule has 0 spiro atoms. The van der Waals surface area contributed by atoms with Gasteiger partial charge in [0.2, 0.25) is 5.91 Å². The van der Waals surface area contributed by atoms with E-state index in [0.29, 0.717) is 18.6 Å². The fourth-order valence-electron chi connectivity index (χ4n) is 5.54. The highest BCUT2D eigenvalue weighted by Gasteiger charge is 2.31. The monoisotopic (exact) mass is 745 g/mol. The lowest BCUT2D eigenvalue weighted by atomic mass is 9.93. The fourth-order valence-corrected chi connectivity index (χ4v) is 7.04. The number of hydrogen-bond acceptors (Lipinski definition) is 11. The van der Waals surface area contributed by atoms with E-state index in [-0.39, 0.29) is 31.4 Å². The minimum Gasteiger partial charge on any atom is -0.441 e. The second-order valence-corrected chi connectivity index (χ2v) is 14.5. The molecule has 5 rings (SSSR count). The summed E-state index contributed by atoms with van der Waals surface area (Å²) in [5.41, 5.74) is 2.56. The topological polar surface area (TPSA) is 172 Å². The third-order valence-electron chi connectivity index (χ3n) is 8.24. The van der Waals surface area contributed by atoms with E-state index in [4.69, 9.17) is 9.26 Å². The Bertz CT molecular complexity index is 1820. The Morgan fingerprint density at radius 2 is 1.62 bits per heavy atom. The highest BCUT2D eigenvalue weighted by Crippen LogP contribution is 2.26. The number of alkyl carbamates (subject to hydrolysis) is 1. The van der Waals surface area contributed by atoms with Crippen LogP contribution in [0.15, 0.2) is 94.4 Å². The van der Waals surface area contributed by atoms with E-state index in [1.807, 2.05) is 85.3 Å². The number of amides is 4. The first-order valence-electron chi connectivity index (χ1n) is 16.9. The van der Waals surface area contributed by atoms with Crippen LogP contribution in [-0.4, -0.2) is 74.4 Å². The highest BCUT2D eigenvalue weighted by molar-refractivity contribution is 7.19. The second-order valence-electron chi connectivity index (χ2n) is 12.7. The zero-order valence-corrected chi connectivity index (χ0v) is 30.8. The summed E-state index contributed by atoms with van der Waals surface area (Å²) in [5, 5.41) is 29.5. The lowest BCUT2D eigenvalue weighted by molar-refractivity contribution is -0.124. The van der Waals surface area contributed by atoms with E-state index >= 15 is 0 Å². The molecule has 0 aliphatic carbocycles. The Morgan fingerprint density at radius 1 is 0.904 bits per heavy atom. The molecule has 3 heterocycles. The predicted molar refractivity (Wildman–Crippen MR) is 198 cm³/mol. The van der Waals surface area contributed by atoms with Gasteiger partial charge in [0, 0.05) is 36.1 Å². The van der Waals surface area contributed by atoms with Gasteiger partial charge in [-0.3, -0.25) is 4.79 Å². The number of aliphatic hydroxyl groups is 1. The van der Waals surface area contributed by atoms with Gasteiger partial charge in [-0.15, -0.1) is 22.7 Å². The maximum Gasteiger partial charge on any atom is 0.407 e.